The van der Waals surface area contributed by atoms with Gasteiger partial charge in [0.1, 0.15) is 42.0 Å². The Bertz CT molecular complexity index is 2230. The maximum atomic E-state index is 14.0. The number of hydrogen-bond donors (Lipinski definition) is 12. The number of aromatic hydroxyl groups is 1. The second-order valence-electron chi connectivity index (χ2n) is 16.3. The van der Waals surface area contributed by atoms with E-state index in [9.17, 15) is 62.6 Å². The van der Waals surface area contributed by atoms with Gasteiger partial charge in [-0.15, -0.1) is 0 Å². The number of amides is 12. The lowest BCUT2D eigenvalue weighted by atomic mass is 9.96. The minimum atomic E-state index is -1.85. The molecule has 374 valence electrons. The number of primary amides is 3. The maximum Gasteiger partial charge on any atom is 0.247 e. The maximum absolute atomic E-state index is 14.0. The van der Waals surface area contributed by atoms with E-state index in [1.807, 2.05) is 0 Å². The van der Waals surface area contributed by atoms with Gasteiger partial charge in [-0.2, -0.15) is 0 Å². The highest BCUT2D eigenvalue weighted by atomic mass is 16.3. The Morgan fingerprint density at radius 1 is 0.739 bits per heavy atom. The fourth-order valence-corrected chi connectivity index (χ4v) is 6.79. The quantitative estimate of drug-likeness (QED) is 0.0711. The van der Waals surface area contributed by atoms with Crippen molar-refractivity contribution in [3.63, 3.8) is 0 Å². The van der Waals surface area contributed by atoms with Gasteiger partial charge in [-0.25, -0.2) is 0 Å². The fraction of sp³-hybridized carbons (Fsp3) is 0.455. The van der Waals surface area contributed by atoms with Crippen molar-refractivity contribution in [3.05, 3.63) is 65.7 Å². The Balaban J connectivity index is 2.02. The number of likely N-dealkylation sites (N-methyl/N-ethyl adjacent to an activating group) is 1. The third-order valence-electron chi connectivity index (χ3n) is 10.8. The average Bonchev–Trinajstić information content (AvgIpc) is 3.30. The number of phenols is 1. The minimum absolute atomic E-state index is 0.0721. The molecule has 0 aliphatic carbocycles. The van der Waals surface area contributed by atoms with Crippen LogP contribution in [0, 0.1) is 5.92 Å². The summed E-state index contributed by atoms with van der Waals surface area (Å²) in [6, 6.07) is 4.25. The summed E-state index contributed by atoms with van der Waals surface area (Å²) < 4.78 is 0. The van der Waals surface area contributed by atoms with Gasteiger partial charge in [0.15, 0.2) is 0 Å². The molecule has 1 aliphatic rings. The van der Waals surface area contributed by atoms with Gasteiger partial charge in [0, 0.05) is 39.3 Å². The molecule has 69 heavy (non-hydrogen) atoms. The molecule has 1 aliphatic heterocycles. The number of hydrogen-bond acceptors (Lipinski definition) is 13. The first-order valence-electron chi connectivity index (χ1n) is 21.9. The number of nitrogens with zero attached hydrogens (tertiary/aromatic N) is 1. The van der Waals surface area contributed by atoms with Gasteiger partial charge in [0.25, 0.3) is 0 Å². The van der Waals surface area contributed by atoms with Crippen molar-refractivity contribution in [2.24, 2.45) is 23.1 Å². The van der Waals surface area contributed by atoms with E-state index in [0.717, 1.165) is 11.9 Å². The Labute approximate surface area is 396 Å². The number of nitrogens with one attached hydrogen (secondary N) is 8. The van der Waals surface area contributed by atoms with Gasteiger partial charge >= 0.3 is 0 Å². The van der Waals surface area contributed by atoms with Gasteiger partial charge in [0.05, 0.1) is 19.5 Å². The van der Waals surface area contributed by atoms with Crippen LogP contribution in [0.15, 0.2) is 54.6 Å². The van der Waals surface area contributed by atoms with Crippen LogP contribution in [0.1, 0.15) is 69.5 Å². The minimum Gasteiger partial charge on any atom is -0.508 e. The highest BCUT2D eigenvalue weighted by molar-refractivity contribution is 5.99. The van der Waals surface area contributed by atoms with Gasteiger partial charge in [-0.05, 0) is 35.6 Å². The van der Waals surface area contributed by atoms with Crippen LogP contribution in [0.4, 0.5) is 0 Å². The number of carbonyl (C=O) groups is 12. The predicted octanol–water partition coefficient (Wildman–Crippen LogP) is -4.63. The molecule has 0 unspecified atom stereocenters. The molecular weight excluding hydrogens is 905 g/mol. The number of carbonyl (C=O) groups excluding carboxylic acids is 12. The summed E-state index contributed by atoms with van der Waals surface area (Å²) in [4.78, 5) is 159. The molecule has 2 aromatic rings. The molecule has 12 amide bonds. The van der Waals surface area contributed by atoms with Crippen molar-refractivity contribution in [3.8, 4) is 5.75 Å². The van der Waals surface area contributed by atoms with Crippen LogP contribution in [0.3, 0.4) is 0 Å². The zero-order valence-corrected chi connectivity index (χ0v) is 38.3. The standard InChI is InChI=1S/C44H60N12O13/c1-4-23(2)37-43(68)51-27(14-15-31(45)58)39(64)52-29(19-32(46)59)40(65)53-30(20-48-34(61)16-17-35(62)50-28(41(66)55-37)18-24-10-12-26(57)13-11-24)44(69)56(3)22-36(63)54-38(25-8-6-5-7-9-25)42(67)49-21-33(47)60/h5-13,23,27-30,37-38,57H,4,14-22H2,1-3H3,(H2,45,58)(H2,46,59)(H2,47,60)(H,48,61)(H,49,67)(H,50,62)(H,51,68)(H,52,64)(H,53,65)(H,54,63)(H,55,66)/t23-,27-,28-,29-,30-,37-,38-/m0/s1. The van der Waals surface area contributed by atoms with E-state index in [4.69, 9.17) is 17.2 Å². The highest BCUT2D eigenvalue weighted by Gasteiger charge is 2.36. The molecule has 0 bridgehead atoms. The number of benzene rings is 2. The van der Waals surface area contributed by atoms with Crippen LogP contribution in [0.25, 0.3) is 0 Å². The van der Waals surface area contributed by atoms with Crippen molar-refractivity contribution in [2.75, 3.05) is 26.7 Å². The van der Waals surface area contributed by atoms with E-state index in [1.165, 1.54) is 36.4 Å². The van der Waals surface area contributed by atoms with Crippen LogP contribution in [-0.2, 0) is 64.0 Å². The van der Waals surface area contributed by atoms with E-state index in [2.05, 4.69) is 42.5 Å². The Morgan fingerprint density at radius 3 is 1.96 bits per heavy atom. The molecule has 3 rings (SSSR count). The largest absolute Gasteiger partial charge is 0.508 e. The lowest BCUT2D eigenvalue weighted by Gasteiger charge is -2.29. The third-order valence-corrected chi connectivity index (χ3v) is 10.8. The van der Waals surface area contributed by atoms with Crippen molar-refractivity contribution >= 4 is 70.9 Å². The van der Waals surface area contributed by atoms with Crippen LogP contribution in [-0.4, -0.2) is 138 Å². The molecule has 1 fully saturated rings. The number of rotatable bonds is 17. The van der Waals surface area contributed by atoms with E-state index >= 15 is 0 Å². The molecule has 1 heterocycles. The van der Waals surface area contributed by atoms with Gasteiger partial charge in [-0.3, -0.25) is 57.5 Å². The molecule has 2 aromatic carbocycles. The SMILES string of the molecule is CC[C@H](C)[C@@H]1NC(=O)[C@H](Cc2ccc(O)cc2)NC(=O)CCC(=O)NC[C@@H](C(=O)N(C)CC(=O)N[C@H](C(=O)NCC(N)=O)c2ccccc2)NC(=O)[C@H](CC(N)=O)NC(=O)[C@H](CCC(N)=O)NC1=O. The Kier molecular flexibility index (Phi) is 21.5. The van der Waals surface area contributed by atoms with Crippen LogP contribution < -0.4 is 59.7 Å². The first kappa shape index (κ1) is 55.2. The second-order valence-corrected chi connectivity index (χ2v) is 16.3. The third kappa shape index (κ3) is 18.6. The van der Waals surface area contributed by atoms with Crippen LogP contribution in [0.2, 0.25) is 0 Å². The summed E-state index contributed by atoms with van der Waals surface area (Å²) in [5.41, 5.74) is 16.7. The molecule has 0 saturated carbocycles. The van der Waals surface area contributed by atoms with Gasteiger partial charge in [-0.1, -0.05) is 62.7 Å². The zero-order chi connectivity index (χ0) is 51.4. The lowest BCUT2D eigenvalue weighted by Crippen LogP contribution is -2.61. The van der Waals surface area contributed by atoms with E-state index < -0.39 is 165 Å². The molecule has 7 atom stereocenters. The lowest BCUT2D eigenvalue weighted by molar-refractivity contribution is -0.140. The first-order chi connectivity index (χ1) is 32.6. The molecule has 0 radical (unpaired) electrons. The van der Waals surface area contributed by atoms with E-state index in [0.29, 0.717) is 17.5 Å². The molecule has 1 saturated heterocycles. The fourth-order valence-electron chi connectivity index (χ4n) is 6.79. The summed E-state index contributed by atoms with van der Waals surface area (Å²) in [6.45, 7) is 1.33. The van der Waals surface area contributed by atoms with Gasteiger partial charge < -0.3 is 69.7 Å². The predicted molar refractivity (Wildman–Crippen MR) is 243 cm³/mol. The average molecular weight is 965 g/mol. The Hall–Kier alpha value is -8.12. The number of phenolic OH excluding ortho intramolecular Hbond substituents is 1. The molecule has 15 N–H and O–H groups in total. The topological polar surface area (TPSA) is 403 Å². The zero-order valence-electron chi connectivity index (χ0n) is 38.3. The van der Waals surface area contributed by atoms with Crippen LogP contribution >= 0.6 is 0 Å². The molecule has 0 spiro atoms. The van der Waals surface area contributed by atoms with E-state index in [-0.39, 0.29) is 12.2 Å². The van der Waals surface area contributed by atoms with E-state index in [1.54, 1.807) is 32.0 Å². The van der Waals surface area contributed by atoms with Crippen molar-refractivity contribution in [1.82, 2.24) is 47.4 Å². The Morgan fingerprint density at radius 2 is 1.35 bits per heavy atom. The molecule has 25 nitrogen and oxygen atoms in total. The summed E-state index contributed by atoms with van der Waals surface area (Å²) in [5, 5.41) is 29.3. The number of nitrogens with two attached hydrogens (primary N) is 3. The summed E-state index contributed by atoms with van der Waals surface area (Å²) >= 11 is 0. The molecule has 0 aromatic heterocycles. The summed E-state index contributed by atoms with van der Waals surface area (Å²) in [7, 11) is 1.15. The first-order valence-corrected chi connectivity index (χ1v) is 21.9. The molecule has 25 heteroatoms. The second kappa shape index (κ2) is 26.9. The van der Waals surface area contributed by atoms with Crippen molar-refractivity contribution < 1.29 is 62.6 Å². The van der Waals surface area contributed by atoms with Crippen LogP contribution in [0.5, 0.6) is 5.75 Å². The summed E-state index contributed by atoms with van der Waals surface area (Å²) in [6.07, 6.45) is -2.63. The summed E-state index contributed by atoms with van der Waals surface area (Å²) in [5.74, 6) is -12.0. The molecular formula is C44H60N12O13. The van der Waals surface area contributed by atoms with Crippen molar-refractivity contribution in [1.29, 1.82) is 0 Å². The van der Waals surface area contributed by atoms with Gasteiger partial charge in [0.2, 0.25) is 70.9 Å². The highest BCUT2D eigenvalue weighted by Crippen LogP contribution is 2.16. The van der Waals surface area contributed by atoms with Crippen molar-refractivity contribution in [2.45, 2.75) is 95.0 Å². The normalized spacial score (nSPS) is 20.7. The smallest absolute Gasteiger partial charge is 0.247 e. The monoisotopic (exact) mass is 964 g/mol.